The van der Waals surface area contributed by atoms with Crippen LogP contribution in [0.25, 0.3) is 0 Å². The van der Waals surface area contributed by atoms with E-state index in [1.807, 2.05) is 48.5 Å². The van der Waals surface area contributed by atoms with Crippen molar-refractivity contribution >= 4 is 23.2 Å². The molecule has 3 aromatic carbocycles. The zero-order chi connectivity index (χ0) is 29.9. The van der Waals surface area contributed by atoms with Gasteiger partial charge in [-0.05, 0) is 54.3 Å². The van der Waals surface area contributed by atoms with E-state index in [0.717, 1.165) is 90.5 Å². The van der Waals surface area contributed by atoms with Gasteiger partial charge in [-0.25, -0.2) is 0 Å². The fourth-order valence-corrected chi connectivity index (χ4v) is 5.71. The van der Waals surface area contributed by atoms with Gasteiger partial charge in [0.1, 0.15) is 0 Å². The van der Waals surface area contributed by atoms with Crippen molar-refractivity contribution in [1.29, 1.82) is 0 Å². The van der Waals surface area contributed by atoms with Crippen molar-refractivity contribution in [2.45, 2.75) is 32.7 Å². The number of unbranched alkanes of at least 4 members (excludes halogenated alkanes) is 1. The van der Waals surface area contributed by atoms with Crippen LogP contribution < -0.4 is 15.5 Å². The van der Waals surface area contributed by atoms with E-state index in [-0.39, 0.29) is 11.8 Å². The normalized spacial score (nSPS) is 16.2. The molecule has 0 unspecified atom stereocenters. The predicted octanol–water partition coefficient (Wildman–Crippen LogP) is 4.67. The Labute approximate surface area is 256 Å². The van der Waals surface area contributed by atoms with Crippen LogP contribution in [0.4, 0.5) is 11.4 Å². The van der Waals surface area contributed by atoms with Gasteiger partial charge in [0, 0.05) is 75.8 Å². The Morgan fingerprint density at radius 2 is 1.53 bits per heavy atom. The second kappa shape index (κ2) is 15.7. The Morgan fingerprint density at radius 3 is 2.26 bits per heavy atom. The first-order chi connectivity index (χ1) is 21.1. The van der Waals surface area contributed by atoms with Gasteiger partial charge in [-0.1, -0.05) is 55.8 Å². The number of piperazine rings is 1. The first-order valence-corrected chi connectivity index (χ1v) is 15.7. The third kappa shape index (κ3) is 8.89. The van der Waals surface area contributed by atoms with Gasteiger partial charge in [0.2, 0.25) is 0 Å². The minimum atomic E-state index is -0.178. The maximum atomic E-state index is 13.6. The summed E-state index contributed by atoms with van der Waals surface area (Å²) in [6, 6.07) is 24.1. The van der Waals surface area contributed by atoms with E-state index in [4.69, 9.17) is 4.74 Å². The largest absolute Gasteiger partial charge is 0.379 e. The molecule has 0 spiro atoms. The number of hydrogen-bond acceptors (Lipinski definition) is 6. The number of carbonyl (C=O) groups is 2. The smallest absolute Gasteiger partial charge is 0.255 e. The van der Waals surface area contributed by atoms with Gasteiger partial charge in [-0.3, -0.25) is 19.4 Å². The monoisotopic (exact) mass is 583 g/mol. The van der Waals surface area contributed by atoms with Crippen molar-refractivity contribution in [3.63, 3.8) is 0 Å². The number of ether oxygens (including phenoxy) is 1. The number of rotatable bonds is 12. The minimum absolute atomic E-state index is 0.119. The van der Waals surface area contributed by atoms with Crippen LogP contribution in [0.1, 0.15) is 51.6 Å². The van der Waals surface area contributed by atoms with E-state index in [1.54, 1.807) is 0 Å². The number of hydrogen-bond donors (Lipinski definition) is 2. The van der Waals surface area contributed by atoms with Crippen molar-refractivity contribution in [3.05, 3.63) is 95.1 Å². The van der Waals surface area contributed by atoms with Gasteiger partial charge >= 0.3 is 0 Å². The highest BCUT2D eigenvalue weighted by Crippen LogP contribution is 2.27. The molecular formula is C35H45N5O3. The van der Waals surface area contributed by atoms with Crippen molar-refractivity contribution in [1.82, 2.24) is 15.1 Å². The predicted molar refractivity (Wildman–Crippen MR) is 173 cm³/mol. The van der Waals surface area contributed by atoms with E-state index < -0.39 is 0 Å². The number of anilines is 2. The average molecular weight is 584 g/mol. The number of amides is 2. The van der Waals surface area contributed by atoms with Crippen LogP contribution in [-0.2, 0) is 17.7 Å². The summed E-state index contributed by atoms with van der Waals surface area (Å²) in [5.41, 5.74) is 5.27. The molecule has 0 bridgehead atoms. The molecule has 0 aliphatic carbocycles. The highest BCUT2D eigenvalue weighted by Gasteiger charge is 2.23. The minimum Gasteiger partial charge on any atom is -0.379 e. The molecular weight excluding hydrogens is 538 g/mol. The molecule has 8 heteroatoms. The maximum Gasteiger partial charge on any atom is 0.255 e. The highest BCUT2D eigenvalue weighted by molar-refractivity contribution is 6.06. The molecule has 228 valence electrons. The molecule has 2 fully saturated rings. The number of nitrogens with zero attached hydrogens (tertiary/aromatic N) is 3. The summed E-state index contributed by atoms with van der Waals surface area (Å²) < 4.78 is 5.45. The van der Waals surface area contributed by atoms with Gasteiger partial charge in [0.15, 0.2) is 0 Å². The quantitative estimate of drug-likeness (QED) is 0.323. The van der Waals surface area contributed by atoms with Crippen molar-refractivity contribution in [2.24, 2.45) is 0 Å². The summed E-state index contributed by atoms with van der Waals surface area (Å²) in [5.74, 6) is -0.297. The van der Waals surface area contributed by atoms with E-state index in [9.17, 15) is 9.59 Å². The molecule has 0 atom stereocenters. The number of aryl methyl sites for hydroxylation is 1. The first kappa shape index (κ1) is 30.7. The van der Waals surface area contributed by atoms with Gasteiger partial charge in [-0.2, -0.15) is 0 Å². The van der Waals surface area contributed by atoms with E-state index >= 15 is 0 Å². The van der Waals surface area contributed by atoms with Gasteiger partial charge < -0.3 is 20.3 Å². The molecule has 8 nitrogen and oxygen atoms in total. The molecule has 2 N–H and O–H groups in total. The number of morpholine rings is 1. The van der Waals surface area contributed by atoms with Crippen LogP contribution in [0.5, 0.6) is 0 Å². The van der Waals surface area contributed by atoms with Crippen LogP contribution in [-0.4, -0.2) is 87.2 Å². The van der Waals surface area contributed by atoms with Gasteiger partial charge in [0.05, 0.1) is 18.8 Å². The molecule has 2 aliphatic rings. The summed E-state index contributed by atoms with van der Waals surface area (Å²) in [7, 11) is 0. The SMILES string of the molecule is CCCCc1ccc(C(=O)Nc2ccc(N3CCN(Cc4ccccc4)CC3)c(C(=O)NCCN3CCOCC3)c2)cc1. The maximum absolute atomic E-state index is 13.6. The second-order valence-corrected chi connectivity index (χ2v) is 11.4. The number of nitrogens with one attached hydrogen (secondary N) is 2. The molecule has 0 aromatic heterocycles. The third-order valence-electron chi connectivity index (χ3n) is 8.31. The fraction of sp³-hybridized carbons (Fsp3) is 0.429. The molecule has 43 heavy (non-hydrogen) atoms. The molecule has 2 aliphatic heterocycles. The molecule has 0 saturated carbocycles. The molecule has 2 saturated heterocycles. The van der Waals surface area contributed by atoms with Crippen LogP contribution in [0.3, 0.4) is 0 Å². The lowest BCUT2D eigenvalue weighted by Crippen LogP contribution is -2.46. The zero-order valence-electron chi connectivity index (χ0n) is 25.4. The summed E-state index contributed by atoms with van der Waals surface area (Å²) in [5, 5.41) is 6.15. The van der Waals surface area contributed by atoms with Gasteiger partial charge in [0.25, 0.3) is 11.8 Å². The highest BCUT2D eigenvalue weighted by atomic mass is 16.5. The third-order valence-corrected chi connectivity index (χ3v) is 8.31. The molecule has 0 radical (unpaired) electrons. The van der Waals surface area contributed by atoms with Crippen LogP contribution in [0, 0.1) is 0 Å². The standard InChI is InChI=1S/C35H45N5O3/c1-2-3-7-28-10-12-30(13-11-28)34(41)37-31-14-15-33(32(26-31)35(42)36-16-17-38-22-24-43-25-23-38)40-20-18-39(19-21-40)27-29-8-5-4-6-9-29/h4-6,8-15,26H,2-3,7,16-25,27H2,1H3,(H,36,42)(H,37,41). The molecule has 3 aromatic rings. The summed E-state index contributed by atoms with van der Waals surface area (Å²) >= 11 is 0. The number of carbonyl (C=O) groups excluding carboxylic acids is 2. The summed E-state index contributed by atoms with van der Waals surface area (Å²) in [6.07, 6.45) is 3.30. The Hall–Kier alpha value is -3.72. The summed E-state index contributed by atoms with van der Waals surface area (Å²) in [4.78, 5) is 33.7. The lowest BCUT2D eigenvalue weighted by molar-refractivity contribution is 0.0383. The molecule has 2 amide bonds. The topological polar surface area (TPSA) is 77.2 Å². The second-order valence-electron chi connectivity index (χ2n) is 11.4. The van der Waals surface area contributed by atoms with Crippen molar-refractivity contribution in [2.75, 3.05) is 75.8 Å². The van der Waals surface area contributed by atoms with Crippen molar-refractivity contribution in [3.8, 4) is 0 Å². The van der Waals surface area contributed by atoms with E-state index in [1.165, 1.54) is 11.1 Å². The average Bonchev–Trinajstić information content (AvgIpc) is 3.05. The van der Waals surface area contributed by atoms with E-state index in [0.29, 0.717) is 23.4 Å². The Morgan fingerprint density at radius 1 is 0.791 bits per heavy atom. The first-order valence-electron chi connectivity index (χ1n) is 15.7. The fourth-order valence-electron chi connectivity index (χ4n) is 5.71. The number of benzene rings is 3. The van der Waals surface area contributed by atoms with Gasteiger partial charge in [-0.15, -0.1) is 0 Å². The molecule has 5 rings (SSSR count). The van der Waals surface area contributed by atoms with E-state index in [2.05, 4.69) is 56.5 Å². The summed E-state index contributed by atoms with van der Waals surface area (Å²) in [6.45, 7) is 11.2. The zero-order valence-corrected chi connectivity index (χ0v) is 25.4. The van der Waals surface area contributed by atoms with Crippen molar-refractivity contribution < 1.29 is 14.3 Å². The lowest BCUT2D eigenvalue weighted by Gasteiger charge is -2.37. The van der Waals surface area contributed by atoms with Crippen LogP contribution in [0.2, 0.25) is 0 Å². The Kier molecular flexibility index (Phi) is 11.2. The van der Waals surface area contributed by atoms with Crippen LogP contribution >= 0.6 is 0 Å². The molecule has 2 heterocycles. The lowest BCUT2D eigenvalue weighted by atomic mass is 10.1. The Balaban J connectivity index is 1.26. The Bertz CT molecular complexity index is 1320. The van der Waals surface area contributed by atoms with Crippen LogP contribution in [0.15, 0.2) is 72.8 Å².